The minimum atomic E-state index is -0.195. The first kappa shape index (κ1) is 6.48. The van der Waals surface area contributed by atoms with Gasteiger partial charge >= 0.3 is 0 Å². The molecule has 2 unspecified atom stereocenters. The smallest absolute Gasteiger partial charge is 0.171 e. The van der Waals surface area contributed by atoms with E-state index in [2.05, 4.69) is 15.9 Å². The number of hydrogen-bond acceptors (Lipinski definition) is 3. The van der Waals surface area contributed by atoms with Crippen molar-refractivity contribution in [3.8, 4) is 0 Å². The van der Waals surface area contributed by atoms with E-state index < -0.39 is 0 Å². The summed E-state index contributed by atoms with van der Waals surface area (Å²) in [6.07, 6.45) is -0.195. The molecule has 3 nitrogen and oxygen atoms in total. The van der Waals surface area contributed by atoms with Gasteiger partial charge < -0.3 is 15.2 Å². The molecule has 2 atom stereocenters. The molecule has 48 valence electrons. The molecule has 0 aliphatic carbocycles. The Bertz CT molecular complexity index is 80.4. The molecule has 8 heavy (non-hydrogen) atoms. The second-order valence-electron chi connectivity index (χ2n) is 1.54. The topological polar surface area (TPSA) is 44.5 Å². The lowest BCUT2D eigenvalue weighted by Gasteiger charge is -2.02. The summed E-state index contributed by atoms with van der Waals surface area (Å²) in [5.41, 5.74) is 5.23. The highest BCUT2D eigenvalue weighted by Gasteiger charge is 2.21. The molecule has 1 aliphatic rings. The maximum atomic E-state index is 5.23. The SMILES string of the molecule is NCC1OCC(Br)O1. The molecular formula is C4H8BrNO2. The molecule has 0 aromatic rings. The normalized spacial score (nSPS) is 38.2. The highest BCUT2D eigenvalue weighted by molar-refractivity contribution is 9.09. The predicted octanol–water partition coefficient (Wildman–Crippen LogP) is 0.0390. The lowest BCUT2D eigenvalue weighted by atomic mass is 10.7. The van der Waals surface area contributed by atoms with Gasteiger partial charge in [-0.15, -0.1) is 0 Å². The number of rotatable bonds is 1. The maximum Gasteiger partial charge on any atom is 0.171 e. The molecule has 0 bridgehead atoms. The van der Waals surface area contributed by atoms with Crippen molar-refractivity contribution >= 4 is 15.9 Å². The van der Waals surface area contributed by atoms with Gasteiger partial charge in [0.25, 0.3) is 0 Å². The third-order valence-corrected chi connectivity index (χ3v) is 1.39. The number of ether oxygens (including phenoxy) is 2. The Morgan fingerprint density at radius 2 is 2.50 bits per heavy atom. The molecule has 1 fully saturated rings. The van der Waals surface area contributed by atoms with Crippen LogP contribution in [0.1, 0.15) is 0 Å². The van der Waals surface area contributed by atoms with Crippen molar-refractivity contribution in [2.75, 3.05) is 13.2 Å². The lowest BCUT2D eigenvalue weighted by Crippen LogP contribution is -2.20. The van der Waals surface area contributed by atoms with Gasteiger partial charge in [-0.25, -0.2) is 0 Å². The van der Waals surface area contributed by atoms with Crippen LogP contribution < -0.4 is 5.73 Å². The minimum Gasteiger partial charge on any atom is -0.348 e. The van der Waals surface area contributed by atoms with Gasteiger partial charge in [0.15, 0.2) is 6.29 Å². The second-order valence-corrected chi connectivity index (χ2v) is 2.57. The van der Waals surface area contributed by atoms with Crippen molar-refractivity contribution < 1.29 is 9.47 Å². The van der Waals surface area contributed by atoms with Gasteiger partial charge in [0.05, 0.1) is 6.61 Å². The summed E-state index contributed by atoms with van der Waals surface area (Å²) in [5, 5.41) is 0.0380. The van der Waals surface area contributed by atoms with E-state index in [1.54, 1.807) is 0 Å². The Hall–Kier alpha value is 0.360. The molecule has 0 saturated carbocycles. The standard InChI is InChI=1S/C4H8BrNO2/c5-3-2-7-4(1-6)8-3/h3-4H,1-2,6H2. The fraction of sp³-hybridized carbons (Fsp3) is 1.00. The van der Waals surface area contributed by atoms with Crippen LogP contribution in [-0.4, -0.2) is 24.5 Å². The maximum absolute atomic E-state index is 5.23. The molecule has 1 heterocycles. The molecule has 1 saturated heterocycles. The first-order valence-electron chi connectivity index (χ1n) is 2.44. The zero-order chi connectivity index (χ0) is 5.98. The van der Waals surface area contributed by atoms with Crippen molar-refractivity contribution in [1.82, 2.24) is 0 Å². The Kier molecular flexibility index (Phi) is 2.25. The summed E-state index contributed by atoms with van der Waals surface area (Å²) < 4.78 is 10.1. The third kappa shape index (κ3) is 1.42. The van der Waals surface area contributed by atoms with E-state index in [1.807, 2.05) is 0 Å². The summed E-state index contributed by atoms with van der Waals surface area (Å²) in [5.74, 6) is 0. The van der Waals surface area contributed by atoms with E-state index in [9.17, 15) is 0 Å². The first-order valence-corrected chi connectivity index (χ1v) is 3.35. The summed E-state index contributed by atoms with van der Waals surface area (Å²) in [4.78, 5) is 0. The average molecular weight is 182 g/mol. The second kappa shape index (κ2) is 2.77. The predicted molar refractivity (Wildman–Crippen MR) is 32.6 cm³/mol. The first-order chi connectivity index (χ1) is 3.83. The molecule has 4 heteroatoms. The van der Waals surface area contributed by atoms with Crippen LogP contribution in [0.3, 0.4) is 0 Å². The number of hydrogen-bond donors (Lipinski definition) is 1. The van der Waals surface area contributed by atoms with Gasteiger partial charge in [0.2, 0.25) is 0 Å². The summed E-state index contributed by atoms with van der Waals surface area (Å²) in [6.45, 7) is 1.03. The fourth-order valence-corrected chi connectivity index (χ4v) is 0.943. The lowest BCUT2D eigenvalue weighted by molar-refractivity contribution is -0.0364. The zero-order valence-electron chi connectivity index (χ0n) is 4.34. The van der Waals surface area contributed by atoms with Gasteiger partial charge in [0.1, 0.15) is 5.01 Å². The van der Waals surface area contributed by atoms with Gasteiger partial charge in [-0.1, -0.05) is 15.9 Å². The molecule has 0 amide bonds. The highest BCUT2D eigenvalue weighted by atomic mass is 79.9. The fourth-order valence-electron chi connectivity index (χ4n) is 0.550. The van der Waals surface area contributed by atoms with Crippen LogP contribution in [0.15, 0.2) is 0 Å². The van der Waals surface area contributed by atoms with Crippen LogP contribution in [0.5, 0.6) is 0 Å². The third-order valence-electron chi connectivity index (χ3n) is 0.905. The van der Waals surface area contributed by atoms with Crippen molar-refractivity contribution in [2.45, 2.75) is 11.3 Å². The van der Waals surface area contributed by atoms with Gasteiger partial charge in [-0.3, -0.25) is 0 Å². The quantitative estimate of drug-likeness (QED) is 0.582. The Morgan fingerprint density at radius 3 is 2.75 bits per heavy atom. The molecule has 0 spiro atoms. The molecule has 2 N–H and O–H groups in total. The zero-order valence-corrected chi connectivity index (χ0v) is 5.93. The van der Waals surface area contributed by atoms with Crippen molar-refractivity contribution in [2.24, 2.45) is 5.73 Å². The summed E-state index contributed by atoms with van der Waals surface area (Å²) in [6, 6.07) is 0. The van der Waals surface area contributed by atoms with E-state index in [4.69, 9.17) is 15.2 Å². The van der Waals surface area contributed by atoms with Gasteiger partial charge in [-0.2, -0.15) is 0 Å². The van der Waals surface area contributed by atoms with E-state index in [0.717, 1.165) is 0 Å². The van der Waals surface area contributed by atoms with Gasteiger partial charge in [-0.05, 0) is 0 Å². The molecule has 1 aliphatic heterocycles. The molecule has 1 rings (SSSR count). The summed E-state index contributed by atoms with van der Waals surface area (Å²) >= 11 is 3.22. The van der Waals surface area contributed by atoms with Crippen LogP contribution in [0.4, 0.5) is 0 Å². The molecular weight excluding hydrogens is 174 g/mol. The molecule has 0 aromatic heterocycles. The van der Waals surface area contributed by atoms with E-state index in [1.165, 1.54) is 0 Å². The molecule has 0 radical (unpaired) electrons. The van der Waals surface area contributed by atoms with Gasteiger partial charge in [0, 0.05) is 6.54 Å². The van der Waals surface area contributed by atoms with E-state index in [0.29, 0.717) is 13.2 Å². The van der Waals surface area contributed by atoms with Crippen LogP contribution >= 0.6 is 15.9 Å². The van der Waals surface area contributed by atoms with E-state index in [-0.39, 0.29) is 11.3 Å². The van der Waals surface area contributed by atoms with Crippen molar-refractivity contribution in [1.29, 1.82) is 0 Å². The number of nitrogens with two attached hydrogens (primary N) is 1. The van der Waals surface area contributed by atoms with Crippen LogP contribution in [-0.2, 0) is 9.47 Å². The minimum absolute atomic E-state index is 0.0380. The highest BCUT2D eigenvalue weighted by Crippen LogP contribution is 2.14. The van der Waals surface area contributed by atoms with Crippen LogP contribution in [0, 0.1) is 0 Å². The Labute approximate surface area is 56.3 Å². The average Bonchev–Trinajstić information content (AvgIpc) is 2.14. The van der Waals surface area contributed by atoms with Crippen molar-refractivity contribution in [3.63, 3.8) is 0 Å². The largest absolute Gasteiger partial charge is 0.348 e. The molecule has 0 aromatic carbocycles. The van der Waals surface area contributed by atoms with Crippen LogP contribution in [0.2, 0.25) is 0 Å². The number of halogens is 1. The van der Waals surface area contributed by atoms with Crippen molar-refractivity contribution in [3.05, 3.63) is 0 Å². The van der Waals surface area contributed by atoms with Crippen LogP contribution in [0.25, 0.3) is 0 Å². The monoisotopic (exact) mass is 181 g/mol. The summed E-state index contributed by atoms with van der Waals surface area (Å²) in [7, 11) is 0. The Balaban J connectivity index is 2.22. The Morgan fingerprint density at radius 1 is 1.75 bits per heavy atom. The number of alkyl halides is 1. The van der Waals surface area contributed by atoms with E-state index >= 15 is 0 Å².